The number of ether oxygens (including phenoxy) is 1. The van der Waals surface area contributed by atoms with Crippen molar-refractivity contribution in [3.8, 4) is 11.8 Å². The van der Waals surface area contributed by atoms with E-state index in [1.807, 2.05) is 6.07 Å². The molecule has 0 aliphatic carbocycles. The summed E-state index contributed by atoms with van der Waals surface area (Å²) in [4.78, 5) is 23.7. The van der Waals surface area contributed by atoms with Gasteiger partial charge in [-0.3, -0.25) is 20.4 Å². The van der Waals surface area contributed by atoms with Crippen LogP contribution >= 0.6 is 0 Å². The number of hydrogen-bond acceptors (Lipinski definition) is 4. The summed E-state index contributed by atoms with van der Waals surface area (Å²) in [7, 11) is 0. The Morgan fingerprint density at radius 2 is 1.85 bits per heavy atom. The first-order chi connectivity index (χ1) is 12.5. The van der Waals surface area contributed by atoms with Crippen LogP contribution < -0.4 is 15.6 Å². The van der Waals surface area contributed by atoms with Crippen LogP contribution in [0, 0.1) is 17.1 Å². The summed E-state index contributed by atoms with van der Waals surface area (Å²) in [5, 5.41) is 8.74. The van der Waals surface area contributed by atoms with Crippen molar-refractivity contribution in [1.82, 2.24) is 10.9 Å². The molecule has 0 spiro atoms. The molecule has 0 bridgehead atoms. The third-order valence-electron chi connectivity index (χ3n) is 3.56. The minimum absolute atomic E-state index is 0.0395. The van der Waals surface area contributed by atoms with E-state index in [1.54, 1.807) is 30.3 Å². The number of carbonyl (C=O) groups is 2. The summed E-state index contributed by atoms with van der Waals surface area (Å²) in [6.45, 7) is 1.45. The first-order valence-corrected chi connectivity index (χ1v) is 7.98. The molecule has 6 nitrogen and oxygen atoms in total. The zero-order chi connectivity index (χ0) is 18.9. The first kappa shape index (κ1) is 18.9. The van der Waals surface area contributed by atoms with Crippen LogP contribution in [0.15, 0.2) is 48.5 Å². The van der Waals surface area contributed by atoms with Crippen molar-refractivity contribution in [2.45, 2.75) is 25.9 Å². The number of aryl methyl sites for hydroxylation is 1. The number of rotatable bonds is 6. The summed E-state index contributed by atoms with van der Waals surface area (Å²) >= 11 is 0. The number of halogens is 1. The van der Waals surface area contributed by atoms with E-state index in [-0.39, 0.29) is 18.1 Å². The first-order valence-electron chi connectivity index (χ1n) is 7.98. The lowest BCUT2D eigenvalue weighted by Crippen LogP contribution is -2.47. The average molecular weight is 355 g/mol. The fourth-order valence-corrected chi connectivity index (χ4v) is 2.08. The van der Waals surface area contributed by atoms with E-state index < -0.39 is 17.8 Å². The Bertz CT molecular complexity index is 816. The maximum Gasteiger partial charge on any atom is 0.279 e. The Morgan fingerprint density at radius 1 is 1.15 bits per heavy atom. The zero-order valence-electron chi connectivity index (χ0n) is 14.2. The number of nitriles is 1. The molecule has 2 rings (SSSR count). The van der Waals surface area contributed by atoms with E-state index in [2.05, 4.69) is 10.9 Å². The Labute approximate surface area is 150 Å². The monoisotopic (exact) mass is 355 g/mol. The highest BCUT2D eigenvalue weighted by Crippen LogP contribution is 2.16. The Morgan fingerprint density at radius 3 is 2.50 bits per heavy atom. The minimum atomic E-state index is -0.981. The van der Waals surface area contributed by atoms with Crippen LogP contribution in [0.25, 0.3) is 0 Å². The topological polar surface area (TPSA) is 91.2 Å². The fraction of sp³-hybridized carbons (Fsp3) is 0.211. The predicted octanol–water partition coefficient (Wildman–Crippen LogP) is 2.24. The number of nitrogens with zero attached hydrogens (tertiary/aromatic N) is 1. The van der Waals surface area contributed by atoms with E-state index in [0.717, 1.165) is 5.56 Å². The van der Waals surface area contributed by atoms with Gasteiger partial charge >= 0.3 is 0 Å². The molecule has 0 saturated heterocycles. The Hall–Kier alpha value is -3.40. The molecule has 0 aromatic heterocycles. The highest BCUT2D eigenvalue weighted by atomic mass is 19.1. The van der Waals surface area contributed by atoms with Gasteiger partial charge in [0.1, 0.15) is 0 Å². The molecule has 0 aliphatic rings. The molecule has 0 radical (unpaired) electrons. The maximum atomic E-state index is 13.5. The number of para-hydroxylation sites is 1. The summed E-state index contributed by atoms with van der Waals surface area (Å²) in [5.74, 6) is -1.58. The smallest absolute Gasteiger partial charge is 0.279 e. The van der Waals surface area contributed by atoms with Gasteiger partial charge in [0.15, 0.2) is 17.7 Å². The lowest BCUT2D eigenvalue weighted by atomic mass is 10.1. The third-order valence-corrected chi connectivity index (χ3v) is 3.56. The molecule has 134 valence electrons. The number of hydrogen-bond donors (Lipinski definition) is 2. The van der Waals surface area contributed by atoms with E-state index >= 15 is 0 Å². The van der Waals surface area contributed by atoms with Gasteiger partial charge in [-0.15, -0.1) is 0 Å². The van der Waals surface area contributed by atoms with E-state index in [1.165, 1.54) is 25.1 Å². The van der Waals surface area contributed by atoms with Crippen LogP contribution in [0.3, 0.4) is 0 Å². The van der Waals surface area contributed by atoms with Crippen LogP contribution in [-0.2, 0) is 16.0 Å². The van der Waals surface area contributed by atoms with Crippen molar-refractivity contribution in [2.24, 2.45) is 0 Å². The summed E-state index contributed by atoms with van der Waals surface area (Å²) in [6.07, 6.45) is -0.352. The molecule has 2 aromatic rings. The predicted molar refractivity (Wildman–Crippen MR) is 92.3 cm³/mol. The minimum Gasteiger partial charge on any atom is -0.478 e. The molecule has 1 unspecified atom stereocenters. The lowest BCUT2D eigenvalue weighted by molar-refractivity contribution is -0.132. The zero-order valence-corrected chi connectivity index (χ0v) is 14.2. The van der Waals surface area contributed by atoms with Crippen LogP contribution in [0.2, 0.25) is 0 Å². The molecule has 0 heterocycles. The van der Waals surface area contributed by atoms with Gasteiger partial charge in [0, 0.05) is 6.42 Å². The second kappa shape index (κ2) is 9.18. The van der Waals surface area contributed by atoms with Crippen LogP contribution in [0.5, 0.6) is 5.75 Å². The highest BCUT2D eigenvalue weighted by molar-refractivity contribution is 5.84. The van der Waals surface area contributed by atoms with Crippen molar-refractivity contribution in [3.63, 3.8) is 0 Å². The molecule has 2 amide bonds. The fourth-order valence-electron chi connectivity index (χ4n) is 2.08. The van der Waals surface area contributed by atoms with Gasteiger partial charge in [0.2, 0.25) is 5.91 Å². The number of nitrogens with one attached hydrogen (secondary N) is 2. The van der Waals surface area contributed by atoms with E-state index in [9.17, 15) is 14.0 Å². The SMILES string of the molecule is CC(Oc1ccccc1F)C(=O)NNC(=O)CCc1ccc(C#N)cc1. The molecule has 2 N–H and O–H groups in total. The molecular formula is C19H18FN3O3. The standard InChI is InChI=1S/C19H18FN3O3/c1-13(26-17-5-3-2-4-16(17)20)19(25)23-22-18(24)11-10-14-6-8-15(12-21)9-7-14/h2-9,13H,10-11H2,1H3,(H,22,24)(H,23,25). The largest absolute Gasteiger partial charge is 0.478 e. The molecular weight excluding hydrogens is 337 g/mol. The van der Waals surface area contributed by atoms with E-state index in [0.29, 0.717) is 12.0 Å². The van der Waals surface area contributed by atoms with E-state index in [4.69, 9.17) is 10.00 Å². The molecule has 0 saturated carbocycles. The van der Waals surface area contributed by atoms with Gasteiger partial charge in [-0.2, -0.15) is 5.26 Å². The van der Waals surface area contributed by atoms with Crippen molar-refractivity contribution >= 4 is 11.8 Å². The number of amides is 2. The molecule has 0 fully saturated rings. The molecule has 0 aliphatic heterocycles. The maximum absolute atomic E-state index is 13.5. The molecule has 1 atom stereocenters. The average Bonchev–Trinajstić information content (AvgIpc) is 2.66. The summed E-state index contributed by atoms with van der Waals surface area (Å²) in [6, 6.07) is 14.7. The van der Waals surface area contributed by atoms with Gasteiger partial charge in [-0.25, -0.2) is 4.39 Å². The molecule has 2 aromatic carbocycles. The van der Waals surface area contributed by atoms with Crippen molar-refractivity contribution in [1.29, 1.82) is 5.26 Å². The quantitative estimate of drug-likeness (QED) is 0.778. The van der Waals surface area contributed by atoms with Crippen molar-refractivity contribution in [3.05, 3.63) is 65.5 Å². The highest BCUT2D eigenvalue weighted by Gasteiger charge is 2.17. The van der Waals surface area contributed by atoms with Gasteiger partial charge in [-0.05, 0) is 43.2 Å². The van der Waals surface area contributed by atoms with Crippen molar-refractivity contribution < 1.29 is 18.7 Å². The van der Waals surface area contributed by atoms with Gasteiger partial charge < -0.3 is 4.74 Å². The van der Waals surface area contributed by atoms with Crippen LogP contribution in [0.1, 0.15) is 24.5 Å². The Balaban J connectivity index is 1.74. The number of carbonyl (C=O) groups excluding carboxylic acids is 2. The third kappa shape index (κ3) is 5.60. The summed E-state index contributed by atoms with van der Waals surface area (Å²) in [5.41, 5.74) is 5.99. The normalized spacial score (nSPS) is 11.1. The van der Waals surface area contributed by atoms with Gasteiger partial charge in [0.05, 0.1) is 11.6 Å². The summed E-state index contributed by atoms with van der Waals surface area (Å²) < 4.78 is 18.7. The number of benzene rings is 2. The van der Waals surface area contributed by atoms with Crippen LogP contribution in [-0.4, -0.2) is 17.9 Å². The second-order valence-corrected chi connectivity index (χ2v) is 5.54. The van der Waals surface area contributed by atoms with Gasteiger partial charge in [-0.1, -0.05) is 24.3 Å². The Kier molecular flexibility index (Phi) is 6.68. The second-order valence-electron chi connectivity index (χ2n) is 5.54. The van der Waals surface area contributed by atoms with Crippen molar-refractivity contribution in [2.75, 3.05) is 0 Å². The molecule has 7 heteroatoms. The lowest BCUT2D eigenvalue weighted by Gasteiger charge is -2.15. The molecule has 26 heavy (non-hydrogen) atoms. The van der Waals surface area contributed by atoms with Crippen LogP contribution in [0.4, 0.5) is 4.39 Å². The van der Waals surface area contributed by atoms with Gasteiger partial charge in [0.25, 0.3) is 5.91 Å². The number of hydrazine groups is 1.